The third kappa shape index (κ3) is 3.47. The zero-order valence-corrected chi connectivity index (χ0v) is 10.4. The molecule has 0 atom stereocenters. The van der Waals surface area contributed by atoms with Crippen LogP contribution in [0.2, 0.25) is 0 Å². The highest BCUT2D eigenvalue weighted by Crippen LogP contribution is 2.34. The summed E-state index contributed by atoms with van der Waals surface area (Å²) in [5.74, 6) is -1.93. The molecule has 1 aliphatic heterocycles. The number of hydrogen-bond donors (Lipinski definition) is 2. The minimum absolute atomic E-state index is 0.00591. The van der Waals surface area contributed by atoms with Crippen LogP contribution in [0, 0.1) is 5.41 Å². The van der Waals surface area contributed by atoms with E-state index in [1.54, 1.807) is 0 Å². The summed E-state index contributed by atoms with van der Waals surface area (Å²) in [6, 6.07) is 0. The van der Waals surface area contributed by atoms with E-state index >= 15 is 0 Å². The summed E-state index contributed by atoms with van der Waals surface area (Å²) >= 11 is 0. The molecular weight excluding hydrogens is 274 g/mol. The smallest absolute Gasteiger partial charge is 0.407 e. The quantitative estimate of drug-likeness (QED) is 0.726. The summed E-state index contributed by atoms with van der Waals surface area (Å²) in [4.78, 5) is 22.9. The van der Waals surface area contributed by atoms with E-state index in [1.807, 2.05) is 0 Å². The Balaban J connectivity index is 2.85. The standard InChI is InChI=1S/C8H12ClNO6S/c9-17(15,16)5-8(6(11)12)1-3-10(4-2-8)7(13)14/h1-5H2,(H,11,12)(H,13,14). The topological polar surface area (TPSA) is 112 Å². The Kier molecular flexibility index (Phi) is 3.88. The van der Waals surface area contributed by atoms with Gasteiger partial charge < -0.3 is 15.1 Å². The van der Waals surface area contributed by atoms with Crippen molar-refractivity contribution in [3.8, 4) is 0 Å². The Morgan fingerprint density at radius 1 is 1.24 bits per heavy atom. The number of piperidine rings is 1. The molecule has 1 aliphatic rings. The van der Waals surface area contributed by atoms with Crippen molar-refractivity contribution in [1.82, 2.24) is 4.90 Å². The van der Waals surface area contributed by atoms with Crippen LogP contribution in [-0.2, 0) is 13.8 Å². The highest BCUT2D eigenvalue weighted by Gasteiger charge is 2.45. The van der Waals surface area contributed by atoms with E-state index in [2.05, 4.69) is 0 Å². The molecule has 98 valence electrons. The maximum atomic E-state index is 11.1. The zero-order chi connectivity index (χ0) is 13.3. The molecule has 0 spiro atoms. The Morgan fingerprint density at radius 2 is 1.71 bits per heavy atom. The van der Waals surface area contributed by atoms with Gasteiger partial charge in [-0.2, -0.15) is 0 Å². The van der Waals surface area contributed by atoms with Gasteiger partial charge in [0.05, 0.1) is 11.2 Å². The largest absolute Gasteiger partial charge is 0.481 e. The first kappa shape index (κ1) is 14.0. The molecule has 0 aliphatic carbocycles. The minimum Gasteiger partial charge on any atom is -0.481 e. The fourth-order valence-corrected chi connectivity index (χ4v) is 3.57. The molecule has 0 aromatic rings. The lowest BCUT2D eigenvalue weighted by atomic mass is 9.80. The van der Waals surface area contributed by atoms with Gasteiger partial charge in [0.15, 0.2) is 0 Å². The normalized spacial score (nSPS) is 19.9. The number of carboxylic acid groups (broad SMARTS) is 2. The summed E-state index contributed by atoms with van der Waals surface area (Å²) in [6.07, 6.45) is -1.25. The number of halogens is 1. The van der Waals surface area contributed by atoms with Gasteiger partial charge in [-0.25, -0.2) is 13.2 Å². The molecule has 0 aromatic heterocycles. The van der Waals surface area contributed by atoms with Gasteiger partial charge in [-0.1, -0.05) is 0 Å². The van der Waals surface area contributed by atoms with Crippen molar-refractivity contribution < 1.29 is 28.2 Å². The van der Waals surface area contributed by atoms with Gasteiger partial charge in [0, 0.05) is 23.8 Å². The Labute approximate surface area is 102 Å². The molecule has 0 bridgehead atoms. The molecule has 2 N–H and O–H groups in total. The van der Waals surface area contributed by atoms with E-state index < -0.39 is 32.3 Å². The molecular formula is C8H12ClNO6S. The van der Waals surface area contributed by atoms with Gasteiger partial charge in [-0.15, -0.1) is 0 Å². The van der Waals surface area contributed by atoms with Crippen LogP contribution in [0.25, 0.3) is 0 Å². The van der Waals surface area contributed by atoms with Crippen molar-refractivity contribution in [2.24, 2.45) is 5.41 Å². The molecule has 0 radical (unpaired) electrons. The molecule has 0 unspecified atom stereocenters. The SMILES string of the molecule is O=C(O)N1CCC(CS(=O)(=O)Cl)(C(=O)O)CC1. The lowest BCUT2D eigenvalue weighted by molar-refractivity contribution is -0.150. The molecule has 1 heterocycles. The minimum atomic E-state index is -3.94. The van der Waals surface area contributed by atoms with Crippen LogP contribution >= 0.6 is 10.7 Å². The molecule has 1 saturated heterocycles. The number of hydrogen-bond acceptors (Lipinski definition) is 4. The number of amides is 1. The van der Waals surface area contributed by atoms with Crippen LogP contribution in [-0.4, -0.2) is 54.4 Å². The van der Waals surface area contributed by atoms with Crippen LogP contribution < -0.4 is 0 Å². The van der Waals surface area contributed by atoms with E-state index in [0.29, 0.717) is 0 Å². The van der Waals surface area contributed by atoms with Crippen LogP contribution in [0.15, 0.2) is 0 Å². The second-order valence-corrected chi connectivity index (χ2v) is 6.82. The van der Waals surface area contributed by atoms with E-state index in [0.717, 1.165) is 4.90 Å². The van der Waals surface area contributed by atoms with Gasteiger partial charge in [0.25, 0.3) is 0 Å². The average molecular weight is 286 g/mol. The Hall–Kier alpha value is -1.02. The van der Waals surface area contributed by atoms with Crippen molar-refractivity contribution in [2.75, 3.05) is 18.8 Å². The van der Waals surface area contributed by atoms with Crippen LogP contribution in [0.1, 0.15) is 12.8 Å². The fraction of sp³-hybridized carbons (Fsp3) is 0.750. The molecule has 7 nitrogen and oxygen atoms in total. The molecule has 1 rings (SSSR count). The summed E-state index contributed by atoms with van der Waals surface area (Å²) in [6.45, 7) is -0.0118. The lowest BCUT2D eigenvalue weighted by Gasteiger charge is -2.36. The summed E-state index contributed by atoms with van der Waals surface area (Å²) < 4.78 is 22.0. The molecule has 1 fully saturated rings. The summed E-state index contributed by atoms with van der Waals surface area (Å²) in [5.41, 5.74) is -1.48. The van der Waals surface area contributed by atoms with E-state index in [9.17, 15) is 18.0 Å². The second kappa shape index (κ2) is 4.69. The van der Waals surface area contributed by atoms with Crippen molar-refractivity contribution in [3.05, 3.63) is 0 Å². The predicted molar refractivity (Wildman–Crippen MR) is 58.5 cm³/mol. The Bertz CT molecular complexity index is 425. The number of nitrogens with zero attached hydrogens (tertiary/aromatic N) is 1. The molecule has 1 amide bonds. The van der Waals surface area contributed by atoms with Gasteiger partial charge in [0.2, 0.25) is 9.05 Å². The maximum absolute atomic E-state index is 11.1. The second-order valence-electron chi connectivity index (χ2n) is 4.04. The van der Waals surface area contributed by atoms with Gasteiger partial charge in [-0.3, -0.25) is 4.79 Å². The van der Waals surface area contributed by atoms with Crippen molar-refractivity contribution in [1.29, 1.82) is 0 Å². The number of carbonyl (C=O) groups is 2. The number of rotatable bonds is 3. The first-order chi connectivity index (χ1) is 7.66. The third-order valence-electron chi connectivity index (χ3n) is 2.89. The van der Waals surface area contributed by atoms with E-state index in [4.69, 9.17) is 20.9 Å². The van der Waals surface area contributed by atoms with Crippen LogP contribution in [0.3, 0.4) is 0 Å². The van der Waals surface area contributed by atoms with Gasteiger partial charge in [-0.05, 0) is 12.8 Å². The molecule has 0 aromatic carbocycles. The molecule has 9 heteroatoms. The zero-order valence-electron chi connectivity index (χ0n) is 8.80. The Morgan fingerprint density at radius 3 is 2.00 bits per heavy atom. The maximum Gasteiger partial charge on any atom is 0.407 e. The third-order valence-corrected chi connectivity index (χ3v) is 4.12. The highest BCUT2D eigenvalue weighted by molar-refractivity contribution is 8.13. The number of carboxylic acids is 1. The average Bonchev–Trinajstić information content (AvgIpc) is 2.15. The number of likely N-dealkylation sites (tertiary alicyclic amines) is 1. The van der Waals surface area contributed by atoms with Crippen LogP contribution in [0.5, 0.6) is 0 Å². The van der Waals surface area contributed by atoms with Crippen molar-refractivity contribution >= 4 is 31.8 Å². The first-order valence-electron chi connectivity index (χ1n) is 4.80. The molecule has 0 saturated carbocycles. The summed E-state index contributed by atoms with van der Waals surface area (Å²) in [7, 11) is 1.14. The van der Waals surface area contributed by atoms with E-state index in [-0.39, 0.29) is 25.9 Å². The summed E-state index contributed by atoms with van der Waals surface area (Å²) in [5, 5.41) is 17.8. The van der Waals surface area contributed by atoms with Gasteiger partial charge >= 0.3 is 12.1 Å². The fourth-order valence-electron chi connectivity index (χ4n) is 1.88. The monoisotopic (exact) mass is 285 g/mol. The van der Waals surface area contributed by atoms with Crippen molar-refractivity contribution in [3.63, 3.8) is 0 Å². The molecule has 17 heavy (non-hydrogen) atoms. The predicted octanol–water partition coefficient (Wildman–Crippen LogP) is 0.400. The highest BCUT2D eigenvalue weighted by atomic mass is 35.7. The lowest BCUT2D eigenvalue weighted by Crippen LogP contribution is -2.48. The van der Waals surface area contributed by atoms with Gasteiger partial charge in [0.1, 0.15) is 0 Å². The number of aliphatic carboxylic acids is 1. The van der Waals surface area contributed by atoms with Crippen molar-refractivity contribution in [2.45, 2.75) is 12.8 Å². The van der Waals surface area contributed by atoms with E-state index in [1.165, 1.54) is 0 Å². The van der Waals surface area contributed by atoms with Crippen LogP contribution in [0.4, 0.5) is 4.79 Å². The first-order valence-corrected chi connectivity index (χ1v) is 7.28.